The van der Waals surface area contributed by atoms with Crippen LogP contribution >= 0.6 is 11.3 Å². The third-order valence-electron chi connectivity index (χ3n) is 12.6. The van der Waals surface area contributed by atoms with Crippen LogP contribution in [0.5, 0.6) is 0 Å². The zero-order chi connectivity index (χ0) is 38.5. The molecule has 0 amide bonds. The van der Waals surface area contributed by atoms with Gasteiger partial charge in [-0.05, 0) is 106 Å². The highest BCUT2D eigenvalue weighted by molar-refractivity contribution is 7.26. The largest absolute Gasteiger partial charge is 0.310 e. The summed E-state index contributed by atoms with van der Waals surface area (Å²) < 4.78 is 2.62. The molecule has 0 saturated carbocycles. The van der Waals surface area contributed by atoms with Crippen LogP contribution < -0.4 is 9.80 Å². The van der Waals surface area contributed by atoms with E-state index < -0.39 is 0 Å². The molecule has 0 saturated heterocycles. The lowest BCUT2D eigenvalue weighted by Gasteiger charge is -2.42. The second-order valence-electron chi connectivity index (χ2n) is 16.6. The zero-order valence-corrected chi connectivity index (χ0v) is 33.4. The second-order valence-corrected chi connectivity index (χ2v) is 17.6. The Balaban J connectivity index is 1.07. The van der Waals surface area contributed by atoms with E-state index in [4.69, 9.17) is 0 Å². The maximum atomic E-state index is 2.49. The Bertz CT molecular complexity index is 2980. The summed E-state index contributed by atoms with van der Waals surface area (Å²) in [7, 11) is 0. The first kappa shape index (κ1) is 33.9. The molecule has 11 rings (SSSR count). The Hall–Kier alpha value is -6.42. The molecule has 57 heavy (non-hydrogen) atoms. The van der Waals surface area contributed by atoms with Crippen LogP contribution in [0.25, 0.3) is 42.4 Å². The molecule has 0 spiro atoms. The Labute approximate surface area is 338 Å². The van der Waals surface area contributed by atoms with Crippen molar-refractivity contribution >= 4 is 65.6 Å². The first-order chi connectivity index (χ1) is 27.8. The summed E-state index contributed by atoms with van der Waals surface area (Å²) in [5.74, 6) is 0. The smallest absolute Gasteiger partial charge is 0.0502 e. The maximum Gasteiger partial charge on any atom is 0.0502 e. The molecule has 9 aromatic rings. The molecule has 1 aromatic heterocycles. The fourth-order valence-electron chi connectivity index (χ4n) is 9.75. The monoisotopic (exact) mass is 750 g/mol. The number of para-hydroxylation sites is 3. The molecule has 0 atom stereocenters. The van der Waals surface area contributed by atoms with E-state index in [9.17, 15) is 0 Å². The molecule has 274 valence electrons. The standard InChI is InChI=1S/C54H42N2S/c1-53(2)45-20-10-8-18-40(45)41-31-30-38(34-48(41)53)55(36-16-6-5-7-17-36)37-28-26-35(27-29-37)43-32-39(33-44-42-19-9-15-25-51(42)57-52(43)44)56-49-23-13-11-21-46(49)54(3,4)47-22-12-14-24-50(47)56/h5-34H,1-4H3. The summed E-state index contributed by atoms with van der Waals surface area (Å²) >= 11 is 1.89. The molecular weight excluding hydrogens is 709 g/mol. The molecule has 2 heterocycles. The summed E-state index contributed by atoms with van der Waals surface area (Å²) in [6.45, 7) is 9.42. The van der Waals surface area contributed by atoms with Crippen molar-refractivity contribution < 1.29 is 0 Å². The summed E-state index contributed by atoms with van der Waals surface area (Å²) in [6.07, 6.45) is 0. The van der Waals surface area contributed by atoms with Gasteiger partial charge in [-0.1, -0.05) is 143 Å². The number of rotatable bonds is 5. The van der Waals surface area contributed by atoms with Gasteiger partial charge in [-0.2, -0.15) is 0 Å². The lowest BCUT2D eigenvalue weighted by Crippen LogP contribution is -2.30. The molecule has 1 aliphatic carbocycles. The average Bonchev–Trinajstić information content (AvgIpc) is 3.73. The SMILES string of the molecule is CC1(C)c2ccccc2-c2ccc(N(c3ccccc3)c3ccc(-c4cc(N5c6ccccc6C(C)(C)c6ccccc65)cc5c4sc4ccccc45)cc3)cc21. The Morgan fingerprint density at radius 2 is 0.982 bits per heavy atom. The van der Waals surface area contributed by atoms with Crippen molar-refractivity contribution in [2.24, 2.45) is 0 Å². The number of fused-ring (bicyclic) bond motifs is 8. The highest BCUT2D eigenvalue weighted by Crippen LogP contribution is 2.54. The van der Waals surface area contributed by atoms with Gasteiger partial charge in [0.05, 0.1) is 11.4 Å². The normalized spacial score (nSPS) is 14.6. The van der Waals surface area contributed by atoms with E-state index in [0.717, 1.165) is 17.1 Å². The number of thiophene rings is 1. The van der Waals surface area contributed by atoms with E-state index >= 15 is 0 Å². The molecule has 0 N–H and O–H groups in total. The Morgan fingerprint density at radius 1 is 0.421 bits per heavy atom. The second kappa shape index (κ2) is 12.5. The van der Waals surface area contributed by atoms with Gasteiger partial charge in [0.1, 0.15) is 0 Å². The van der Waals surface area contributed by atoms with Crippen molar-refractivity contribution in [1.82, 2.24) is 0 Å². The van der Waals surface area contributed by atoms with Crippen molar-refractivity contribution in [2.45, 2.75) is 38.5 Å². The highest BCUT2D eigenvalue weighted by atomic mass is 32.1. The van der Waals surface area contributed by atoms with Crippen LogP contribution in [0.4, 0.5) is 34.1 Å². The molecular formula is C54H42N2S. The van der Waals surface area contributed by atoms with Gasteiger partial charge in [-0.15, -0.1) is 11.3 Å². The molecule has 3 heteroatoms. The van der Waals surface area contributed by atoms with Crippen LogP contribution in [-0.2, 0) is 10.8 Å². The molecule has 8 aromatic carbocycles. The molecule has 1 aliphatic heterocycles. The summed E-state index contributed by atoms with van der Waals surface area (Å²) in [4.78, 5) is 4.89. The first-order valence-electron chi connectivity index (χ1n) is 19.9. The van der Waals surface area contributed by atoms with Gasteiger partial charge in [0.2, 0.25) is 0 Å². The van der Waals surface area contributed by atoms with Gasteiger partial charge < -0.3 is 9.80 Å². The summed E-state index contributed by atoms with van der Waals surface area (Å²) in [5, 5.41) is 2.59. The third-order valence-corrected chi connectivity index (χ3v) is 13.9. The van der Waals surface area contributed by atoms with E-state index in [1.54, 1.807) is 0 Å². The van der Waals surface area contributed by atoms with Crippen LogP contribution in [-0.4, -0.2) is 0 Å². The van der Waals surface area contributed by atoms with E-state index in [1.165, 1.54) is 81.7 Å². The minimum atomic E-state index is -0.120. The Morgan fingerprint density at radius 3 is 1.72 bits per heavy atom. The maximum absolute atomic E-state index is 2.49. The van der Waals surface area contributed by atoms with Crippen molar-refractivity contribution in [1.29, 1.82) is 0 Å². The van der Waals surface area contributed by atoms with Gasteiger partial charge >= 0.3 is 0 Å². The van der Waals surface area contributed by atoms with Gasteiger partial charge in [-0.25, -0.2) is 0 Å². The van der Waals surface area contributed by atoms with Gasteiger partial charge in [-0.3, -0.25) is 0 Å². The van der Waals surface area contributed by atoms with Crippen LogP contribution in [0.1, 0.15) is 49.9 Å². The predicted molar refractivity (Wildman–Crippen MR) is 244 cm³/mol. The van der Waals surface area contributed by atoms with Gasteiger partial charge in [0, 0.05) is 59.3 Å². The summed E-state index contributed by atoms with van der Waals surface area (Å²) in [6, 6.07) is 67.5. The van der Waals surface area contributed by atoms with Crippen molar-refractivity contribution in [3.63, 3.8) is 0 Å². The molecule has 0 unspecified atom stereocenters. The lowest BCUT2D eigenvalue weighted by atomic mass is 9.73. The fraction of sp³-hybridized carbons (Fsp3) is 0.111. The van der Waals surface area contributed by atoms with Crippen LogP contribution in [0.15, 0.2) is 182 Å². The van der Waals surface area contributed by atoms with Crippen LogP contribution in [0.3, 0.4) is 0 Å². The van der Waals surface area contributed by atoms with E-state index in [-0.39, 0.29) is 10.8 Å². The topological polar surface area (TPSA) is 6.48 Å². The lowest BCUT2D eigenvalue weighted by molar-refractivity contribution is 0.632. The average molecular weight is 751 g/mol. The van der Waals surface area contributed by atoms with E-state index in [1.807, 2.05) is 11.3 Å². The van der Waals surface area contributed by atoms with Crippen LogP contribution in [0, 0.1) is 0 Å². The minimum absolute atomic E-state index is 0.0834. The van der Waals surface area contributed by atoms with Crippen molar-refractivity contribution in [3.05, 3.63) is 204 Å². The number of hydrogen-bond donors (Lipinski definition) is 0. The van der Waals surface area contributed by atoms with Crippen molar-refractivity contribution in [2.75, 3.05) is 9.80 Å². The van der Waals surface area contributed by atoms with Gasteiger partial charge in [0.25, 0.3) is 0 Å². The molecule has 2 aliphatic rings. The number of nitrogens with zero attached hydrogens (tertiary/aromatic N) is 2. The number of anilines is 6. The predicted octanol–water partition coefficient (Wildman–Crippen LogP) is 15.6. The fourth-order valence-corrected chi connectivity index (χ4v) is 11.0. The molecule has 0 bridgehead atoms. The van der Waals surface area contributed by atoms with Crippen LogP contribution in [0.2, 0.25) is 0 Å². The summed E-state index contributed by atoms with van der Waals surface area (Å²) in [5.41, 5.74) is 17.4. The molecule has 2 nitrogen and oxygen atoms in total. The highest BCUT2D eigenvalue weighted by Gasteiger charge is 2.38. The minimum Gasteiger partial charge on any atom is -0.310 e. The van der Waals surface area contributed by atoms with Gasteiger partial charge in [0.15, 0.2) is 0 Å². The quantitative estimate of drug-likeness (QED) is 0.173. The molecule has 0 fully saturated rings. The van der Waals surface area contributed by atoms with E-state index in [2.05, 4.69) is 219 Å². The van der Waals surface area contributed by atoms with Crippen molar-refractivity contribution in [3.8, 4) is 22.3 Å². The number of benzene rings is 8. The molecule has 0 radical (unpaired) electrons. The third kappa shape index (κ3) is 5.08. The Kier molecular flexibility index (Phi) is 7.46. The first-order valence-corrected chi connectivity index (χ1v) is 20.8. The number of hydrogen-bond acceptors (Lipinski definition) is 3. The zero-order valence-electron chi connectivity index (χ0n) is 32.6. The van der Waals surface area contributed by atoms with E-state index in [0.29, 0.717) is 0 Å².